The Morgan fingerprint density at radius 3 is 2.00 bits per heavy atom. The summed E-state index contributed by atoms with van der Waals surface area (Å²) in [6, 6.07) is 6.35. The van der Waals surface area contributed by atoms with Gasteiger partial charge in [0.2, 0.25) is 0 Å². The molecule has 92 valence electrons. The van der Waals surface area contributed by atoms with E-state index in [4.69, 9.17) is 5.73 Å². The van der Waals surface area contributed by atoms with E-state index in [0.29, 0.717) is 5.92 Å². The van der Waals surface area contributed by atoms with Crippen LogP contribution in [-0.4, -0.2) is 0 Å². The monoisotopic (exact) mass is 369 g/mol. The van der Waals surface area contributed by atoms with Crippen molar-refractivity contribution in [1.82, 2.24) is 0 Å². The standard InChI is InChI=1S/C12H17Br2N.ClH/c1-8(2)3-4-12(15)9-5-10(13)7-11(14)6-9;/h5-8,12H,3-4,15H2,1-2H3;1H/t12-;/m0./s1. The van der Waals surface area contributed by atoms with E-state index in [1.807, 2.05) is 6.07 Å². The minimum atomic E-state index is 0. The van der Waals surface area contributed by atoms with Crippen molar-refractivity contribution in [3.05, 3.63) is 32.7 Å². The lowest BCUT2D eigenvalue weighted by Crippen LogP contribution is -2.11. The number of halogens is 3. The van der Waals surface area contributed by atoms with E-state index < -0.39 is 0 Å². The molecule has 0 fully saturated rings. The van der Waals surface area contributed by atoms with Gasteiger partial charge in [-0.1, -0.05) is 45.7 Å². The smallest absolute Gasteiger partial charge is 0.0295 e. The van der Waals surface area contributed by atoms with Gasteiger partial charge < -0.3 is 5.73 Å². The topological polar surface area (TPSA) is 26.0 Å². The molecule has 0 saturated carbocycles. The van der Waals surface area contributed by atoms with Crippen LogP contribution in [0.2, 0.25) is 0 Å². The molecular formula is C12H18Br2ClN. The Hall–Kier alpha value is 0.430. The Morgan fingerprint density at radius 2 is 1.56 bits per heavy atom. The van der Waals surface area contributed by atoms with Crippen LogP contribution >= 0.6 is 44.3 Å². The summed E-state index contributed by atoms with van der Waals surface area (Å²) in [5.41, 5.74) is 7.33. The molecule has 1 aromatic carbocycles. The zero-order valence-corrected chi connectivity index (χ0v) is 13.5. The third-order valence-electron chi connectivity index (χ3n) is 2.37. The van der Waals surface area contributed by atoms with Crippen molar-refractivity contribution in [1.29, 1.82) is 0 Å². The molecule has 0 aliphatic rings. The van der Waals surface area contributed by atoms with Crippen LogP contribution in [0.4, 0.5) is 0 Å². The molecule has 1 rings (SSSR count). The third kappa shape index (κ3) is 5.67. The molecule has 0 heterocycles. The van der Waals surface area contributed by atoms with Gasteiger partial charge in [0.05, 0.1) is 0 Å². The lowest BCUT2D eigenvalue weighted by atomic mass is 9.98. The van der Waals surface area contributed by atoms with Crippen molar-refractivity contribution < 1.29 is 0 Å². The second kappa shape index (κ2) is 7.70. The molecule has 4 heteroatoms. The van der Waals surface area contributed by atoms with Crippen molar-refractivity contribution in [3.8, 4) is 0 Å². The first-order valence-electron chi connectivity index (χ1n) is 5.20. The fourth-order valence-corrected chi connectivity index (χ4v) is 2.80. The van der Waals surface area contributed by atoms with Gasteiger partial charge in [0.25, 0.3) is 0 Å². The first-order chi connectivity index (χ1) is 6.99. The van der Waals surface area contributed by atoms with Crippen molar-refractivity contribution >= 4 is 44.3 Å². The van der Waals surface area contributed by atoms with Crippen LogP contribution in [-0.2, 0) is 0 Å². The number of hydrogen-bond donors (Lipinski definition) is 1. The van der Waals surface area contributed by atoms with Gasteiger partial charge in [0.1, 0.15) is 0 Å². The second-order valence-electron chi connectivity index (χ2n) is 4.28. The van der Waals surface area contributed by atoms with Crippen molar-refractivity contribution in [3.63, 3.8) is 0 Å². The number of rotatable bonds is 4. The van der Waals surface area contributed by atoms with E-state index in [9.17, 15) is 0 Å². The van der Waals surface area contributed by atoms with Crippen LogP contribution in [0.3, 0.4) is 0 Å². The van der Waals surface area contributed by atoms with E-state index in [2.05, 4.69) is 57.8 Å². The predicted octanol–water partition coefficient (Wildman–Crippen LogP) is 5.07. The molecule has 2 N–H and O–H groups in total. The molecule has 0 amide bonds. The zero-order valence-electron chi connectivity index (χ0n) is 9.54. The molecule has 0 saturated heterocycles. The van der Waals surface area contributed by atoms with Crippen LogP contribution in [0.5, 0.6) is 0 Å². The van der Waals surface area contributed by atoms with Gasteiger partial charge in [-0.05, 0) is 42.5 Å². The molecule has 0 bridgehead atoms. The fraction of sp³-hybridized carbons (Fsp3) is 0.500. The van der Waals surface area contributed by atoms with E-state index in [1.165, 1.54) is 12.0 Å². The molecule has 1 nitrogen and oxygen atoms in total. The Labute approximate surface area is 121 Å². The summed E-state index contributed by atoms with van der Waals surface area (Å²) < 4.78 is 2.15. The van der Waals surface area contributed by atoms with Crippen LogP contribution in [0.15, 0.2) is 27.1 Å². The van der Waals surface area contributed by atoms with Gasteiger partial charge in [-0.25, -0.2) is 0 Å². The third-order valence-corrected chi connectivity index (χ3v) is 3.28. The van der Waals surface area contributed by atoms with Crippen molar-refractivity contribution in [2.24, 2.45) is 11.7 Å². The van der Waals surface area contributed by atoms with Crippen LogP contribution in [0, 0.1) is 5.92 Å². The van der Waals surface area contributed by atoms with Crippen LogP contribution < -0.4 is 5.73 Å². The first-order valence-corrected chi connectivity index (χ1v) is 6.79. The number of nitrogens with two attached hydrogens (primary N) is 1. The quantitative estimate of drug-likeness (QED) is 0.786. The average Bonchev–Trinajstić information content (AvgIpc) is 2.12. The average molecular weight is 372 g/mol. The lowest BCUT2D eigenvalue weighted by Gasteiger charge is -2.14. The molecule has 1 atom stereocenters. The highest BCUT2D eigenvalue weighted by Gasteiger charge is 2.08. The Kier molecular flexibility index (Phi) is 7.90. The molecule has 16 heavy (non-hydrogen) atoms. The maximum absolute atomic E-state index is 6.14. The largest absolute Gasteiger partial charge is 0.324 e. The molecule has 0 aliphatic heterocycles. The maximum atomic E-state index is 6.14. The highest BCUT2D eigenvalue weighted by Crippen LogP contribution is 2.26. The summed E-state index contributed by atoms with van der Waals surface area (Å²) in [5.74, 6) is 0.714. The molecule has 0 spiro atoms. The highest BCUT2D eigenvalue weighted by atomic mass is 79.9. The van der Waals surface area contributed by atoms with Crippen LogP contribution in [0.25, 0.3) is 0 Å². The van der Waals surface area contributed by atoms with Gasteiger partial charge >= 0.3 is 0 Å². The zero-order chi connectivity index (χ0) is 11.4. The van der Waals surface area contributed by atoms with E-state index >= 15 is 0 Å². The number of benzene rings is 1. The Bertz CT molecular complexity index is 309. The van der Waals surface area contributed by atoms with Gasteiger partial charge in [0, 0.05) is 15.0 Å². The van der Waals surface area contributed by atoms with Crippen molar-refractivity contribution in [2.75, 3.05) is 0 Å². The summed E-state index contributed by atoms with van der Waals surface area (Å²) in [7, 11) is 0. The minimum Gasteiger partial charge on any atom is -0.324 e. The molecular weight excluding hydrogens is 353 g/mol. The SMILES string of the molecule is CC(C)CC[C@H](N)c1cc(Br)cc(Br)c1.Cl. The molecule has 0 radical (unpaired) electrons. The van der Waals surface area contributed by atoms with E-state index in [-0.39, 0.29) is 18.4 Å². The fourth-order valence-electron chi connectivity index (χ4n) is 1.47. The predicted molar refractivity (Wildman–Crippen MR) is 80.1 cm³/mol. The molecule has 0 unspecified atom stereocenters. The van der Waals surface area contributed by atoms with Gasteiger partial charge in [-0.15, -0.1) is 12.4 Å². The summed E-state index contributed by atoms with van der Waals surface area (Å²) in [4.78, 5) is 0. The molecule has 1 aromatic rings. The normalized spacial score (nSPS) is 12.4. The summed E-state index contributed by atoms with van der Waals surface area (Å²) in [6.07, 6.45) is 2.21. The highest BCUT2D eigenvalue weighted by molar-refractivity contribution is 9.11. The molecule has 0 aromatic heterocycles. The summed E-state index contributed by atoms with van der Waals surface area (Å²) >= 11 is 6.95. The summed E-state index contributed by atoms with van der Waals surface area (Å²) in [5, 5.41) is 0. The van der Waals surface area contributed by atoms with Crippen molar-refractivity contribution in [2.45, 2.75) is 32.7 Å². The van der Waals surface area contributed by atoms with Gasteiger partial charge in [-0.3, -0.25) is 0 Å². The summed E-state index contributed by atoms with van der Waals surface area (Å²) in [6.45, 7) is 4.45. The Morgan fingerprint density at radius 1 is 1.06 bits per heavy atom. The maximum Gasteiger partial charge on any atom is 0.0295 e. The lowest BCUT2D eigenvalue weighted by molar-refractivity contribution is 0.507. The molecule has 0 aliphatic carbocycles. The number of hydrogen-bond acceptors (Lipinski definition) is 1. The van der Waals surface area contributed by atoms with E-state index in [1.54, 1.807) is 0 Å². The minimum absolute atomic E-state index is 0. The van der Waals surface area contributed by atoms with Crippen LogP contribution in [0.1, 0.15) is 38.3 Å². The Balaban J connectivity index is 0.00000225. The van der Waals surface area contributed by atoms with Gasteiger partial charge in [-0.2, -0.15) is 0 Å². The first kappa shape index (κ1) is 16.4. The van der Waals surface area contributed by atoms with E-state index in [0.717, 1.165) is 15.4 Å². The second-order valence-corrected chi connectivity index (χ2v) is 6.11. The van der Waals surface area contributed by atoms with Gasteiger partial charge in [0.15, 0.2) is 0 Å².